The number of nitrogens with zero attached hydrogens (tertiary/aromatic N) is 4. The topological polar surface area (TPSA) is 154 Å². The Morgan fingerprint density at radius 3 is 2.53 bits per heavy atom. The molecule has 0 bridgehead atoms. The molecular formula is C43H56N6O6. The smallest absolute Gasteiger partial charge is 0.408 e. The van der Waals surface area contributed by atoms with Gasteiger partial charge in [-0.05, 0) is 102 Å². The molecule has 0 radical (unpaired) electrons. The lowest BCUT2D eigenvalue weighted by molar-refractivity contribution is -0.139. The van der Waals surface area contributed by atoms with Gasteiger partial charge in [-0.3, -0.25) is 14.6 Å². The summed E-state index contributed by atoms with van der Waals surface area (Å²) < 4.78 is 5.48. The molecule has 1 spiro atoms. The highest BCUT2D eigenvalue weighted by Gasteiger charge is 2.52. The van der Waals surface area contributed by atoms with Gasteiger partial charge in [0.2, 0.25) is 11.8 Å². The van der Waals surface area contributed by atoms with Crippen molar-refractivity contribution in [3.05, 3.63) is 94.4 Å². The Hall–Kier alpha value is -5.10. The van der Waals surface area contributed by atoms with E-state index in [1.807, 2.05) is 49.1 Å². The Kier molecular flexibility index (Phi) is 13.1. The average Bonchev–Trinajstić information content (AvgIpc) is 3.67. The number of likely N-dealkylation sites (N-methyl/N-ethyl adjacent to an activating group) is 1. The molecule has 12 nitrogen and oxygen atoms in total. The van der Waals surface area contributed by atoms with Crippen molar-refractivity contribution in [2.75, 3.05) is 32.0 Å². The standard InChI is InChI=1S/C41H50N6O6.C2H6/c1-26-31(28-14-10-8-11-15-28)21-33(44-39(52)53-40(2,3)4)36(48)47(26)18-17-46(5)16-12-7-6-9-13-27-19-32-35(43-24-27)45-38(51)41(32)22-29-20-30(37(49)50)25-42-34(29)23-41;1-2/h8-11,13-15,19-20,24-26,31,33H,6-7,12,16-18,21-23H2,1-5H3,(H,44,52)(H,49,50)(H,43,45,51);1-2H3/b13-9+;/t26?,31?,33?,41-;/m0./s1. The number of alkyl carbamates (subject to hydrolysis) is 1. The van der Waals surface area contributed by atoms with Crippen molar-refractivity contribution in [2.24, 2.45) is 0 Å². The predicted molar refractivity (Wildman–Crippen MR) is 213 cm³/mol. The number of benzene rings is 1. The van der Waals surface area contributed by atoms with Crippen LogP contribution in [0.5, 0.6) is 0 Å². The lowest BCUT2D eigenvalue weighted by Gasteiger charge is -2.43. The van der Waals surface area contributed by atoms with E-state index in [1.165, 1.54) is 6.20 Å². The van der Waals surface area contributed by atoms with E-state index in [9.17, 15) is 24.3 Å². The maximum absolute atomic E-state index is 13.7. The molecule has 3 amide bonds. The first-order chi connectivity index (χ1) is 26.2. The Morgan fingerprint density at radius 1 is 1.07 bits per heavy atom. The Balaban J connectivity index is 0.00000285. The number of carbonyl (C=O) groups is 4. The van der Waals surface area contributed by atoms with Crippen molar-refractivity contribution in [3.8, 4) is 0 Å². The van der Waals surface area contributed by atoms with Crippen molar-refractivity contribution >= 4 is 35.8 Å². The van der Waals surface area contributed by atoms with E-state index in [0.717, 1.165) is 53.8 Å². The van der Waals surface area contributed by atoms with Crippen LogP contribution in [-0.4, -0.2) is 93.1 Å². The zero-order valence-electron chi connectivity index (χ0n) is 33.2. The van der Waals surface area contributed by atoms with E-state index in [2.05, 4.69) is 57.7 Å². The first-order valence-electron chi connectivity index (χ1n) is 19.5. The predicted octanol–water partition coefficient (Wildman–Crippen LogP) is 6.60. The fourth-order valence-corrected chi connectivity index (χ4v) is 7.80. The number of hydrogen-bond acceptors (Lipinski definition) is 8. The molecule has 3 unspecified atom stereocenters. The quantitative estimate of drug-likeness (QED) is 0.174. The minimum absolute atomic E-state index is 0.0249. The average molecular weight is 753 g/mol. The number of aromatic carboxylic acids is 1. The van der Waals surface area contributed by atoms with Gasteiger partial charge >= 0.3 is 12.1 Å². The third-order valence-electron chi connectivity index (χ3n) is 10.6. The summed E-state index contributed by atoms with van der Waals surface area (Å²) in [5.74, 6) is -0.626. The highest BCUT2D eigenvalue weighted by Crippen LogP contribution is 2.46. The van der Waals surface area contributed by atoms with Gasteiger partial charge < -0.3 is 30.3 Å². The van der Waals surface area contributed by atoms with Crippen LogP contribution >= 0.6 is 0 Å². The van der Waals surface area contributed by atoms with Crippen molar-refractivity contribution in [3.63, 3.8) is 0 Å². The monoisotopic (exact) mass is 752 g/mol. The molecule has 4 heterocycles. The number of pyridine rings is 2. The van der Waals surface area contributed by atoms with Crippen LogP contribution in [0, 0.1) is 0 Å². The lowest BCUT2D eigenvalue weighted by Crippen LogP contribution is -2.59. The Morgan fingerprint density at radius 2 is 1.82 bits per heavy atom. The normalized spacial score (nSPS) is 21.6. The molecule has 6 rings (SSSR count). The summed E-state index contributed by atoms with van der Waals surface area (Å²) in [5.41, 5.74) is 3.03. The van der Waals surface area contributed by atoms with E-state index in [4.69, 9.17) is 4.74 Å². The minimum Gasteiger partial charge on any atom is -0.478 e. The molecule has 2 aliphatic heterocycles. The highest BCUT2D eigenvalue weighted by atomic mass is 16.6. The molecule has 1 fully saturated rings. The van der Waals surface area contributed by atoms with Crippen LogP contribution < -0.4 is 10.6 Å². The molecule has 12 heteroatoms. The van der Waals surface area contributed by atoms with E-state index in [1.54, 1.807) is 33.0 Å². The number of carbonyl (C=O) groups excluding carboxylic acids is 3. The first-order valence-corrected chi connectivity index (χ1v) is 19.5. The summed E-state index contributed by atoms with van der Waals surface area (Å²) >= 11 is 0. The number of unbranched alkanes of at least 4 members (excludes halogenated alkanes) is 2. The van der Waals surface area contributed by atoms with Gasteiger partial charge in [0.25, 0.3) is 0 Å². The number of carboxylic acid groups (broad SMARTS) is 1. The molecule has 1 aliphatic carbocycles. The maximum atomic E-state index is 13.7. The number of piperidine rings is 1. The van der Waals surface area contributed by atoms with Crippen molar-refractivity contribution in [2.45, 2.75) is 109 Å². The Labute approximate surface area is 324 Å². The maximum Gasteiger partial charge on any atom is 0.408 e. The van der Waals surface area contributed by atoms with Gasteiger partial charge in [-0.15, -0.1) is 0 Å². The number of ether oxygens (including phenoxy) is 1. The minimum atomic E-state index is -1.04. The summed E-state index contributed by atoms with van der Waals surface area (Å²) in [6, 6.07) is 13.1. The fraction of sp³-hybridized carbons (Fsp3) is 0.488. The summed E-state index contributed by atoms with van der Waals surface area (Å²) in [4.78, 5) is 64.1. The van der Waals surface area contributed by atoms with Crippen molar-refractivity contribution in [1.29, 1.82) is 0 Å². The molecule has 294 valence electrons. The summed E-state index contributed by atoms with van der Waals surface area (Å²) in [6.07, 6.45) is 10.8. The summed E-state index contributed by atoms with van der Waals surface area (Å²) in [5, 5.41) is 15.2. The number of likely N-dealkylation sites (tertiary alicyclic amines) is 1. The number of carboxylic acids is 1. The van der Waals surface area contributed by atoms with Crippen molar-refractivity contribution in [1.82, 2.24) is 25.1 Å². The van der Waals surface area contributed by atoms with Gasteiger partial charge in [0.15, 0.2) is 0 Å². The molecular weight excluding hydrogens is 697 g/mol. The van der Waals surface area contributed by atoms with E-state index < -0.39 is 29.1 Å². The van der Waals surface area contributed by atoms with E-state index >= 15 is 0 Å². The molecule has 1 aromatic carbocycles. The van der Waals surface area contributed by atoms with Gasteiger partial charge in [-0.1, -0.05) is 56.3 Å². The second-order valence-electron chi connectivity index (χ2n) is 15.6. The van der Waals surface area contributed by atoms with Crippen molar-refractivity contribution < 1.29 is 29.0 Å². The van der Waals surface area contributed by atoms with Crippen LogP contribution in [-0.2, 0) is 32.6 Å². The second-order valence-corrected chi connectivity index (χ2v) is 15.6. The zero-order chi connectivity index (χ0) is 39.9. The molecule has 3 aliphatic rings. The second kappa shape index (κ2) is 17.6. The van der Waals surface area contributed by atoms with Gasteiger partial charge in [-0.2, -0.15) is 0 Å². The number of anilines is 1. The van der Waals surface area contributed by atoms with Crippen LogP contribution in [0.4, 0.5) is 10.6 Å². The molecule has 1 saturated heterocycles. The van der Waals surface area contributed by atoms with Crippen LogP contribution in [0.1, 0.15) is 111 Å². The molecule has 2 aromatic heterocycles. The van der Waals surface area contributed by atoms with E-state index in [-0.39, 0.29) is 29.3 Å². The summed E-state index contributed by atoms with van der Waals surface area (Å²) in [6.45, 7) is 13.7. The molecule has 0 saturated carbocycles. The molecule has 4 atom stereocenters. The van der Waals surface area contributed by atoms with Crippen LogP contribution in [0.15, 0.2) is 60.9 Å². The number of fused-ring (bicyclic) bond motifs is 3. The van der Waals surface area contributed by atoms with Gasteiger partial charge in [0.05, 0.1) is 11.0 Å². The number of rotatable bonds is 12. The van der Waals surface area contributed by atoms with Crippen LogP contribution in [0.2, 0.25) is 0 Å². The first kappa shape index (κ1) is 41.1. The molecule has 3 N–H and O–H groups in total. The van der Waals surface area contributed by atoms with Gasteiger partial charge in [0, 0.05) is 55.1 Å². The molecule has 55 heavy (non-hydrogen) atoms. The highest BCUT2D eigenvalue weighted by molar-refractivity contribution is 6.06. The number of allylic oxidation sites excluding steroid dienone is 1. The summed E-state index contributed by atoms with van der Waals surface area (Å²) in [7, 11) is 2.07. The van der Waals surface area contributed by atoms with Gasteiger partial charge in [0.1, 0.15) is 17.5 Å². The van der Waals surface area contributed by atoms with Gasteiger partial charge in [-0.25, -0.2) is 14.6 Å². The van der Waals surface area contributed by atoms with E-state index in [0.29, 0.717) is 38.2 Å². The fourth-order valence-electron chi connectivity index (χ4n) is 7.80. The number of hydrogen-bond donors (Lipinski definition) is 3. The zero-order valence-corrected chi connectivity index (χ0v) is 33.2. The van der Waals surface area contributed by atoms with Crippen LogP contribution in [0.3, 0.4) is 0 Å². The largest absolute Gasteiger partial charge is 0.478 e. The third-order valence-corrected chi connectivity index (χ3v) is 10.6. The Bertz CT molecular complexity index is 1890. The molecule has 3 aromatic rings. The SMILES string of the molecule is CC.CC1C(c2ccccc2)CC(NC(=O)OC(C)(C)C)C(=O)N1CCN(C)CCCC/C=C/c1cnc2c(c1)[C@@]1(Cc3cc(C(=O)O)cnc3C1)C(=O)N2. The van der Waals surface area contributed by atoms with Crippen LogP contribution in [0.25, 0.3) is 6.08 Å². The number of nitrogens with one attached hydrogen (secondary N) is 2. The third kappa shape index (κ3) is 9.59. The number of amides is 3. The lowest BCUT2D eigenvalue weighted by atomic mass is 9.79. The number of aromatic nitrogens is 2.